The van der Waals surface area contributed by atoms with Gasteiger partial charge in [0.25, 0.3) is 0 Å². The number of benzene rings is 1. The lowest BCUT2D eigenvalue weighted by Crippen LogP contribution is -2.21. The van der Waals surface area contributed by atoms with Crippen molar-refractivity contribution in [1.29, 1.82) is 0 Å². The molecule has 110 valence electrons. The van der Waals surface area contributed by atoms with E-state index in [2.05, 4.69) is 32.3 Å². The van der Waals surface area contributed by atoms with Gasteiger partial charge in [-0.25, -0.2) is 0 Å². The standard InChI is InChI=1S/C16H17BrN2OS/c1-2-15(17)16(20)19-13-5-7-14(8-6-13)21-11-12-4-3-9-18-10-12/h3-10,15H,2,11H2,1H3,(H,19,20). The molecular weight excluding hydrogens is 348 g/mol. The lowest BCUT2D eigenvalue weighted by Gasteiger charge is -2.09. The third kappa shape index (κ3) is 5.17. The van der Waals surface area contributed by atoms with Crippen LogP contribution in [0.1, 0.15) is 18.9 Å². The number of amides is 1. The number of pyridine rings is 1. The van der Waals surface area contributed by atoms with E-state index in [-0.39, 0.29) is 10.7 Å². The number of nitrogens with one attached hydrogen (secondary N) is 1. The van der Waals surface area contributed by atoms with E-state index >= 15 is 0 Å². The second-order valence-electron chi connectivity index (χ2n) is 4.54. The first-order chi connectivity index (χ1) is 10.2. The molecule has 1 aromatic heterocycles. The van der Waals surface area contributed by atoms with Crippen molar-refractivity contribution in [2.45, 2.75) is 28.8 Å². The van der Waals surface area contributed by atoms with E-state index in [0.29, 0.717) is 0 Å². The third-order valence-electron chi connectivity index (χ3n) is 2.89. The molecule has 5 heteroatoms. The fourth-order valence-electron chi connectivity index (χ4n) is 1.69. The number of aromatic nitrogens is 1. The van der Waals surface area contributed by atoms with Gasteiger partial charge < -0.3 is 5.32 Å². The lowest BCUT2D eigenvalue weighted by atomic mass is 10.3. The molecule has 1 atom stereocenters. The fraction of sp³-hybridized carbons (Fsp3) is 0.250. The molecular formula is C16H17BrN2OS. The van der Waals surface area contributed by atoms with Crippen molar-refractivity contribution in [1.82, 2.24) is 4.98 Å². The van der Waals surface area contributed by atoms with Gasteiger partial charge in [-0.3, -0.25) is 9.78 Å². The molecule has 0 spiro atoms. The van der Waals surface area contributed by atoms with Crippen LogP contribution in [-0.2, 0) is 10.5 Å². The predicted molar refractivity (Wildman–Crippen MR) is 91.9 cm³/mol. The van der Waals surface area contributed by atoms with Gasteiger partial charge in [0.05, 0.1) is 4.83 Å². The zero-order valence-corrected chi connectivity index (χ0v) is 14.2. The summed E-state index contributed by atoms with van der Waals surface area (Å²) in [5, 5.41) is 2.89. The Hall–Kier alpha value is -1.33. The molecule has 0 aliphatic carbocycles. The quantitative estimate of drug-likeness (QED) is 0.606. The van der Waals surface area contributed by atoms with Crippen molar-refractivity contribution in [2.75, 3.05) is 5.32 Å². The SMILES string of the molecule is CCC(Br)C(=O)Nc1ccc(SCc2cccnc2)cc1. The Morgan fingerprint density at radius 2 is 2.10 bits per heavy atom. The highest BCUT2D eigenvalue weighted by molar-refractivity contribution is 9.10. The summed E-state index contributed by atoms with van der Waals surface area (Å²) in [7, 11) is 0. The second-order valence-corrected chi connectivity index (χ2v) is 6.69. The maximum atomic E-state index is 11.8. The average molecular weight is 365 g/mol. The Morgan fingerprint density at radius 1 is 1.33 bits per heavy atom. The molecule has 1 N–H and O–H groups in total. The minimum Gasteiger partial charge on any atom is -0.325 e. The summed E-state index contributed by atoms with van der Waals surface area (Å²) < 4.78 is 0. The number of nitrogens with zero attached hydrogens (tertiary/aromatic N) is 1. The molecule has 1 unspecified atom stereocenters. The van der Waals surface area contributed by atoms with E-state index in [1.165, 1.54) is 10.5 Å². The van der Waals surface area contributed by atoms with Gasteiger partial charge in [-0.05, 0) is 42.3 Å². The first-order valence-corrected chi connectivity index (χ1v) is 8.66. The molecule has 1 amide bonds. The van der Waals surface area contributed by atoms with Gasteiger partial charge in [0.1, 0.15) is 0 Å². The number of halogens is 1. The highest BCUT2D eigenvalue weighted by atomic mass is 79.9. The molecule has 0 fully saturated rings. The van der Waals surface area contributed by atoms with E-state index in [0.717, 1.165) is 17.9 Å². The highest BCUT2D eigenvalue weighted by Crippen LogP contribution is 2.24. The van der Waals surface area contributed by atoms with E-state index in [1.54, 1.807) is 18.0 Å². The molecule has 2 rings (SSSR count). The van der Waals surface area contributed by atoms with Crippen LogP contribution in [0.2, 0.25) is 0 Å². The van der Waals surface area contributed by atoms with E-state index in [1.807, 2.05) is 43.5 Å². The minimum atomic E-state index is -0.142. The smallest absolute Gasteiger partial charge is 0.238 e. The van der Waals surface area contributed by atoms with Crippen LogP contribution in [0.25, 0.3) is 0 Å². The molecule has 0 aliphatic heterocycles. The fourth-order valence-corrected chi connectivity index (χ4v) is 2.64. The summed E-state index contributed by atoms with van der Waals surface area (Å²) in [5.41, 5.74) is 2.02. The average Bonchev–Trinajstić information content (AvgIpc) is 2.54. The number of carbonyl (C=O) groups is 1. The van der Waals surface area contributed by atoms with Crippen molar-refractivity contribution < 1.29 is 4.79 Å². The van der Waals surface area contributed by atoms with Crippen LogP contribution in [0.3, 0.4) is 0 Å². The van der Waals surface area contributed by atoms with E-state index in [4.69, 9.17) is 0 Å². The number of thioether (sulfide) groups is 1. The van der Waals surface area contributed by atoms with Crippen LogP contribution < -0.4 is 5.32 Å². The monoisotopic (exact) mass is 364 g/mol. The number of rotatable bonds is 6. The number of carbonyl (C=O) groups excluding carboxylic acids is 1. The molecule has 0 bridgehead atoms. The summed E-state index contributed by atoms with van der Waals surface area (Å²) in [4.78, 5) is 16.9. The van der Waals surface area contributed by atoms with Crippen molar-refractivity contribution in [3.63, 3.8) is 0 Å². The summed E-state index contributed by atoms with van der Waals surface area (Å²) >= 11 is 5.09. The summed E-state index contributed by atoms with van der Waals surface area (Å²) in [6.45, 7) is 1.97. The maximum absolute atomic E-state index is 11.8. The van der Waals surface area contributed by atoms with Gasteiger partial charge >= 0.3 is 0 Å². The highest BCUT2D eigenvalue weighted by Gasteiger charge is 2.11. The van der Waals surface area contributed by atoms with Crippen LogP contribution in [0.5, 0.6) is 0 Å². The zero-order valence-electron chi connectivity index (χ0n) is 11.8. The normalized spacial score (nSPS) is 11.9. The number of anilines is 1. The first kappa shape index (κ1) is 16.0. The van der Waals surface area contributed by atoms with Crippen LogP contribution in [0, 0.1) is 0 Å². The summed E-state index contributed by atoms with van der Waals surface area (Å²) in [6, 6.07) is 11.9. The molecule has 0 saturated heterocycles. The minimum absolute atomic E-state index is 0.00624. The van der Waals surface area contributed by atoms with Crippen molar-refractivity contribution >= 4 is 39.3 Å². The predicted octanol–water partition coefficient (Wildman–Crippen LogP) is 4.49. The number of hydrogen-bond donors (Lipinski definition) is 1. The van der Waals surface area contributed by atoms with Gasteiger partial charge in [-0.2, -0.15) is 0 Å². The number of alkyl halides is 1. The Labute approximate surface area is 137 Å². The van der Waals surface area contributed by atoms with Crippen molar-refractivity contribution in [3.05, 3.63) is 54.4 Å². The summed E-state index contributed by atoms with van der Waals surface area (Å²) in [5.74, 6) is 0.882. The van der Waals surface area contributed by atoms with Crippen LogP contribution in [0.15, 0.2) is 53.7 Å². The van der Waals surface area contributed by atoms with E-state index < -0.39 is 0 Å². The molecule has 3 nitrogen and oxygen atoms in total. The Bertz CT molecular complexity index is 575. The van der Waals surface area contributed by atoms with Crippen LogP contribution in [-0.4, -0.2) is 15.7 Å². The Morgan fingerprint density at radius 3 is 2.71 bits per heavy atom. The molecule has 21 heavy (non-hydrogen) atoms. The van der Waals surface area contributed by atoms with Crippen LogP contribution in [0.4, 0.5) is 5.69 Å². The summed E-state index contributed by atoms with van der Waals surface area (Å²) in [6.07, 6.45) is 4.42. The van der Waals surface area contributed by atoms with Gasteiger partial charge in [-0.1, -0.05) is 28.9 Å². The number of hydrogen-bond acceptors (Lipinski definition) is 3. The maximum Gasteiger partial charge on any atom is 0.238 e. The Balaban J connectivity index is 1.88. The van der Waals surface area contributed by atoms with Gasteiger partial charge in [0, 0.05) is 28.7 Å². The van der Waals surface area contributed by atoms with Gasteiger partial charge in [-0.15, -0.1) is 11.8 Å². The van der Waals surface area contributed by atoms with E-state index in [9.17, 15) is 4.79 Å². The van der Waals surface area contributed by atoms with Gasteiger partial charge in [0.2, 0.25) is 5.91 Å². The third-order valence-corrected chi connectivity index (χ3v) is 5.04. The lowest BCUT2D eigenvalue weighted by molar-refractivity contribution is -0.115. The zero-order chi connectivity index (χ0) is 15.1. The Kier molecular flexibility index (Phi) is 6.26. The van der Waals surface area contributed by atoms with Gasteiger partial charge in [0.15, 0.2) is 0 Å². The van der Waals surface area contributed by atoms with Crippen LogP contribution >= 0.6 is 27.7 Å². The largest absolute Gasteiger partial charge is 0.325 e. The van der Waals surface area contributed by atoms with Crippen molar-refractivity contribution in [3.8, 4) is 0 Å². The topological polar surface area (TPSA) is 42.0 Å². The molecule has 1 aromatic carbocycles. The molecule has 2 aromatic rings. The molecule has 0 aliphatic rings. The first-order valence-electron chi connectivity index (χ1n) is 6.75. The molecule has 0 radical (unpaired) electrons. The molecule has 0 saturated carbocycles. The molecule has 1 heterocycles. The van der Waals surface area contributed by atoms with Crippen molar-refractivity contribution in [2.24, 2.45) is 0 Å². The second kappa shape index (κ2) is 8.20.